The number of para-hydroxylation sites is 1. The second-order valence-corrected chi connectivity index (χ2v) is 9.36. The van der Waals surface area contributed by atoms with E-state index < -0.39 is 0 Å². The van der Waals surface area contributed by atoms with Crippen LogP contribution in [-0.2, 0) is 21.6 Å². The van der Waals surface area contributed by atoms with Crippen molar-refractivity contribution in [3.63, 3.8) is 0 Å². The van der Waals surface area contributed by atoms with Gasteiger partial charge in [-0.2, -0.15) is 0 Å². The number of carbonyl (C=O) groups excluding carboxylic acids is 1. The average Bonchev–Trinajstić information content (AvgIpc) is 3.15. The molecule has 5 heteroatoms. The molecule has 0 unspecified atom stereocenters. The Hall–Kier alpha value is -2.37. The molecular formula is C26H35N3O2. The molecule has 5 nitrogen and oxygen atoms in total. The van der Waals surface area contributed by atoms with Gasteiger partial charge in [0, 0.05) is 57.1 Å². The highest BCUT2D eigenvalue weighted by molar-refractivity contribution is 5.97. The van der Waals surface area contributed by atoms with Gasteiger partial charge >= 0.3 is 0 Å². The highest BCUT2D eigenvalue weighted by atomic mass is 16.5. The summed E-state index contributed by atoms with van der Waals surface area (Å²) in [5.74, 6) is 0.288. The van der Waals surface area contributed by atoms with Gasteiger partial charge in [-0.25, -0.2) is 0 Å². The van der Waals surface area contributed by atoms with Crippen LogP contribution in [-0.4, -0.2) is 57.7 Å². The third kappa shape index (κ3) is 4.63. The summed E-state index contributed by atoms with van der Waals surface area (Å²) in [5, 5.41) is 0. The Balaban J connectivity index is 1.46. The van der Waals surface area contributed by atoms with E-state index in [2.05, 4.69) is 79.2 Å². The van der Waals surface area contributed by atoms with Crippen molar-refractivity contribution in [2.24, 2.45) is 5.92 Å². The Morgan fingerprint density at radius 2 is 1.65 bits per heavy atom. The lowest BCUT2D eigenvalue weighted by Gasteiger charge is -2.35. The number of rotatable bonds is 6. The number of hydrogen-bond donors (Lipinski definition) is 0. The quantitative estimate of drug-likeness (QED) is 0.710. The minimum Gasteiger partial charge on any atom is -0.374 e. The summed E-state index contributed by atoms with van der Waals surface area (Å²) in [5.41, 5.74) is 4.36. The Kier molecular flexibility index (Phi) is 6.35. The van der Waals surface area contributed by atoms with Crippen molar-refractivity contribution in [2.75, 3.05) is 56.7 Å². The van der Waals surface area contributed by atoms with Gasteiger partial charge in [0.1, 0.15) is 0 Å². The third-order valence-electron chi connectivity index (χ3n) is 7.00. The first kappa shape index (κ1) is 21.8. The molecule has 2 aliphatic heterocycles. The molecular weight excluding hydrogens is 385 g/mol. The Labute approximate surface area is 186 Å². The maximum Gasteiger partial charge on any atom is 0.230 e. The Bertz CT molecular complexity index is 901. The molecule has 2 aliphatic rings. The van der Waals surface area contributed by atoms with Gasteiger partial charge in [0.25, 0.3) is 0 Å². The zero-order valence-corrected chi connectivity index (χ0v) is 19.3. The van der Waals surface area contributed by atoms with Gasteiger partial charge in [-0.3, -0.25) is 4.79 Å². The van der Waals surface area contributed by atoms with Crippen molar-refractivity contribution in [1.82, 2.24) is 4.90 Å². The Morgan fingerprint density at radius 3 is 2.32 bits per heavy atom. The zero-order valence-electron chi connectivity index (χ0n) is 19.3. The first-order chi connectivity index (χ1) is 14.9. The van der Waals surface area contributed by atoms with E-state index in [1.807, 2.05) is 4.90 Å². The third-order valence-corrected chi connectivity index (χ3v) is 7.00. The predicted octanol–water partition coefficient (Wildman–Crippen LogP) is 3.92. The van der Waals surface area contributed by atoms with Crippen molar-refractivity contribution in [3.8, 4) is 0 Å². The number of hydrogen-bond acceptors (Lipinski definition) is 4. The highest BCUT2D eigenvalue weighted by Crippen LogP contribution is 2.32. The normalized spacial score (nSPS) is 20.5. The number of benzene rings is 2. The predicted molar refractivity (Wildman–Crippen MR) is 127 cm³/mol. The number of nitrogens with zero attached hydrogens (tertiary/aromatic N) is 3. The zero-order chi connectivity index (χ0) is 22.0. The van der Waals surface area contributed by atoms with Crippen molar-refractivity contribution in [1.29, 1.82) is 0 Å². The lowest BCUT2D eigenvalue weighted by Crippen LogP contribution is -2.44. The van der Waals surface area contributed by atoms with Gasteiger partial charge in [0.2, 0.25) is 5.91 Å². The lowest BCUT2D eigenvalue weighted by molar-refractivity contribution is -0.120. The molecule has 2 heterocycles. The van der Waals surface area contributed by atoms with E-state index in [0.29, 0.717) is 0 Å². The monoisotopic (exact) mass is 420 g/mol. The van der Waals surface area contributed by atoms with Crippen LogP contribution in [0.2, 0.25) is 0 Å². The molecule has 2 fully saturated rings. The number of ether oxygens (including phenoxy) is 1. The van der Waals surface area contributed by atoms with E-state index in [4.69, 9.17) is 4.74 Å². The van der Waals surface area contributed by atoms with Crippen LogP contribution in [0.3, 0.4) is 0 Å². The van der Waals surface area contributed by atoms with E-state index in [1.165, 1.54) is 11.3 Å². The standard InChI is InChI=1S/C26H35N3O2/c1-26(2,31-4)22-9-11-23(12-10-22)29-14-13-21(25(29)30)19-20-7-5-6-8-24(20)28-17-15-27(3)16-18-28/h5-12,21H,13-19H2,1-4H3/t21-/m0/s1/i3-1. The maximum atomic E-state index is 13.3. The highest BCUT2D eigenvalue weighted by Gasteiger charge is 2.33. The number of anilines is 2. The molecule has 0 bridgehead atoms. The van der Waals surface area contributed by atoms with E-state index in [0.717, 1.165) is 56.8 Å². The molecule has 0 saturated carbocycles. The van der Waals surface area contributed by atoms with E-state index >= 15 is 0 Å². The minimum atomic E-state index is -0.330. The summed E-state index contributed by atoms with van der Waals surface area (Å²) in [4.78, 5) is 20.1. The molecule has 0 aromatic heterocycles. The fourth-order valence-corrected chi connectivity index (χ4v) is 4.65. The van der Waals surface area contributed by atoms with Crippen LogP contribution in [0, 0.1) is 5.92 Å². The van der Waals surface area contributed by atoms with Gasteiger partial charge in [-0.15, -0.1) is 0 Å². The summed E-state index contributed by atoms with van der Waals surface area (Å²) in [6, 6.07) is 16.9. The van der Waals surface area contributed by atoms with Crippen LogP contribution in [0.25, 0.3) is 0 Å². The van der Waals surface area contributed by atoms with Gasteiger partial charge in [0.15, 0.2) is 0 Å². The second kappa shape index (κ2) is 9.01. The first-order valence-corrected chi connectivity index (χ1v) is 11.4. The molecule has 4 rings (SSSR count). The van der Waals surface area contributed by atoms with Crippen LogP contribution in [0.4, 0.5) is 11.4 Å². The first-order valence-electron chi connectivity index (χ1n) is 11.4. The summed E-state index contributed by atoms with van der Waals surface area (Å²) in [6.07, 6.45) is 1.72. The number of piperazine rings is 1. The largest absolute Gasteiger partial charge is 0.374 e. The van der Waals surface area contributed by atoms with Gasteiger partial charge < -0.3 is 19.4 Å². The fraction of sp³-hybridized carbons (Fsp3) is 0.500. The summed E-state index contributed by atoms with van der Waals surface area (Å²) in [7, 11) is 3.90. The van der Waals surface area contributed by atoms with Gasteiger partial charge in [-0.05, 0) is 63.1 Å². The van der Waals surface area contributed by atoms with E-state index in [9.17, 15) is 4.79 Å². The number of carbonyl (C=O) groups is 1. The van der Waals surface area contributed by atoms with Crippen molar-refractivity contribution in [2.45, 2.75) is 32.3 Å². The molecule has 2 aromatic rings. The molecule has 0 N–H and O–H groups in total. The summed E-state index contributed by atoms with van der Waals surface area (Å²) in [6.45, 7) is 9.15. The van der Waals surface area contributed by atoms with Crippen LogP contribution in [0.15, 0.2) is 48.5 Å². The molecule has 0 spiro atoms. The number of likely N-dealkylation sites (N-methyl/N-ethyl adjacent to an activating group) is 1. The molecule has 31 heavy (non-hydrogen) atoms. The SMILES string of the molecule is COC(C)(C)c1ccc(N2CC[C@@H](Cc3ccccc3N3CCN([11CH3])CC3)C2=O)cc1. The molecule has 2 aromatic carbocycles. The minimum absolute atomic E-state index is 0.0451. The maximum absolute atomic E-state index is 13.3. The molecule has 0 radical (unpaired) electrons. The van der Waals surface area contributed by atoms with Crippen LogP contribution in [0.5, 0.6) is 0 Å². The molecule has 1 atom stereocenters. The van der Waals surface area contributed by atoms with E-state index in [1.54, 1.807) is 7.11 Å². The van der Waals surface area contributed by atoms with Gasteiger partial charge in [-0.1, -0.05) is 30.3 Å². The number of methoxy groups -OCH3 is 1. The second-order valence-electron chi connectivity index (χ2n) is 9.36. The fourth-order valence-electron chi connectivity index (χ4n) is 4.65. The molecule has 2 saturated heterocycles. The smallest absolute Gasteiger partial charge is 0.230 e. The summed E-state index contributed by atoms with van der Waals surface area (Å²) >= 11 is 0. The topological polar surface area (TPSA) is 36.0 Å². The van der Waals surface area contributed by atoms with Crippen LogP contribution < -0.4 is 9.80 Å². The molecule has 0 aliphatic carbocycles. The Morgan fingerprint density at radius 1 is 0.968 bits per heavy atom. The molecule has 1 amide bonds. The van der Waals surface area contributed by atoms with Crippen molar-refractivity contribution in [3.05, 3.63) is 59.7 Å². The van der Waals surface area contributed by atoms with Crippen LogP contribution >= 0.6 is 0 Å². The summed E-state index contributed by atoms with van der Waals surface area (Å²) < 4.78 is 5.57. The lowest BCUT2D eigenvalue weighted by atomic mass is 9.96. The molecule has 166 valence electrons. The number of amides is 1. The van der Waals surface area contributed by atoms with Gasteiger partial charge in [0.05, 0.1) is 5.60 Å². The average molecular weight is 421 g/mol. The van der Waals surface area contributed by atoms with Crippen molar-refractivity contribution < 1.29 is 9.53 Å². The van der Waals surface area contributed by atoms with Crippen LogP contribution in [0.1, 0.15) is 31.4 Å². The van der Waals surface area contributed by atoms with Crippen molar-refractivity contribution >= 4 is 17.3 Å². The van der Waals surface area contributed by atoms with E-state index in [-0.39, 0.29) is 17.4 Å².